The first-order chi connectivity index (χ1) is 11.2. The fourth-order valence-corrected chi connectivity index (χ4v) is 2.92. The summed E-state index contributed by atoms with van der Waals surface area (Å²) in [5.74, 6) is 2.04. The first kappa shape index (κ1) is 16.2. The maximum absolute atomic E-state index is 5.87. The Hall–Kier alpha value is -1.63. The minimum Gasteiger partial charge on any atom is -0.492 e. The lowest BCUT2D eigenvalue weighted by Gasteiger charge is -2.21. The molecule has 1 aromatic heterocycles. The summed E-state index contributed by atoms with van der Waals surface area (Å²) in [6.07, 6.45) is 1.02. The molecule has 124 valence electrons. The molecule has 0 saturated carbocycles. The summed E-state index contributed by atoms with van der Waals surface area (Å²) in [5, 5.41) is 8.78. The fraction of sp³-hybridized carbons (Fsp3) is 0.500. The summed E-state index contributed by atoms with van der Waals surface area (Å²) in [6.45, 7) is 3.95. The highest BCUT2D eigenvalue weighted by molar-refractivity contribution is 6.30. The molecule has 0 radical (unpaired) electrons. The van der Waals surface area contributed by atoms with E-state index in [9.17, 15) is 0 Å². The Morgan fingerprint density at radius 2 is 2.09 bits per heavy atom. The fourth-order valence-electron chi connectivity index (χ4n) is 2.79. The van der Waals surface area contributed by atoms with Crippen LogP contribution in [0.5, 0.6) is 5.75 Å². The number of aromatic nitrogens is 2. The van der Waals surface area contributed by atoms with E-state index in [-0.39, 0.29) is 12.1 Å². The largest absolute Gasteiger partial charge is 0.492 e. The molecule has 2 atom stereocenters. The quantitative estimate of drug-likeness (QED) is 0.807. The zero-order valence-electron chi connectivity index (χ0n) is 13.2. The standard InChI is InChI=1S/C16H20ClN3O3/c1-11-18-19-16(23-11)15-9-14(21-2)10-20(15)7-8-22-13-5-3-12(17)4-6-13/h3-6,14-15H,7-10H2,1-2H3/t14-,15+/m0/s1. The van der Waals surface area contributed by atoms with Crippen LogP contribution in [0.4, 0.5) is 0 Å². The van der Waals surface area contributed by atoms with E-state index in [1.165, 1.54) is 0 Å². The van der Waals surface area contributed by atoms with E-state index in [2.05, 4.69) is 15.1 Å². The first-order valence-electron chi connectivity index (χ1n) is 7.61. The van der Waals surface area contributed by atoms with Gasteiger partial charge in [0.25, 0.3) is 0 Å². The lowest BCUT2D eigenvalue weighted by atomic mass is 10.2. The molecule has 0 aliphatic carbocycles. The van der Waals surface area contributed by atoms with E-state index < -0.39 is 0 Å². The Balaban J connectivity index is 1.59. The third kappa shape index (κ3) is 4.02. The van der Waals surface area contributed by atoms with Gasteiger partial charge in [0.2, 0.25) is 11.8 Å². The van der Waals surface area contributed by atoms with Crippen LogP contribution in [0.15, 0.2) is 28.7 Å². The average Bonchev–Trinajstić information content (AvgIpc) is 3.15. The number of likely N-dealkylation sites (tertiary alicyclic amines) is 1. The minimum atomic E-state index is 0.0787. The molecular weight excluding hydrogens is 318 g/mol. The number of methoxy groups -OCH3 is 1. The van der Waals surface area contributed by atoms with E-state index in [1.807, 2.05) is 24.3 Å². The number of aryl methyl sites for hydroxylation is 1. The molecule has 1 aliphatic rings. The highest BCUT2D eigenvalue weighted by Gasteiger charge is 2.36. The normalized spacial score (nSPS) is 21.7. The summed E-state index contributed by atoms with van der Waals surface area (Å²) in [5.41, 5.74) is 0. The van der Waals surface area contributed by atoms with Gasteiger partial charge in [-0.1, -0.05) is 11.6 Å². The molecule has 3 rings (SSSR count). The molecule has 0 bridgehead atoms. The summed E-state index contributed by atoms with van der Waals surface area (Å²) in [7, 11) is 1.73. The van der Waals surface area contributed by atoms with Crippen molar-refractivity contribution in [1.29, 1.82) is 0 Å². The smallest absolute Gasteiger partial charge is 0.233 e. The van der Waals surface area contributed by atoms with E-state index in [0.29, 0.717) is 23.4 Å². The minimum absolute atomic E-state index is 0.0787. The Kier molecular flexibility index (Phi) is 5.15. The molecule has 1 aromatic carbocycles. The molecule has 0 unspecified atom stereocenters. The molecule has 23 heavy (non-hydrogen) atoms. The number of hydrogen-bond acceptors (Lipinski definition) is 6. The summed E-state index contributed by atoms with van der Waals surface area (Å²) < 4.78 is 16.9. The van der Waals surface area contributed by atoms with Crippen molar-refractivity contribution in [2.24, 2.45) is 0 Å². The van der Waals surface area contributed by atoms with Gasteiger partial charge in [-0.25, -0.2) is 0 Å². The van der Waals surface area contributed by atoms with Crippen molar-refractivity contribution in [1.82, 2.24) is 15.1 Å². The van der Waals surface area contributed by atoms with Gasteiger partial charge < -0.3 is 13.9 Å². The summed E-state index contributed by atoms with van der Waals surface area (Å²) >= 11 is 5.87. The number of benzene rings is 1. The van der Waals surface area contributed by atoms with Crippen molar-refractivity contribution in [2.75, 3.05) is 26.8 Å². The topological polar surface area (TPSA) is 60.6 Å². The molecule has 1 aliphatic heterocycles. The second-order valence-electron chi connectivity index (χ2n) is 5.57. The van der Waals surface area contributed by atoms with Gasteiger partial charge in [-0.15, -0.1) is 10.2 Å². The van der Waals surface area contributed by atoms with Crippen LogP contribution >= 0.6 is 11.6 Å². The van der Waals surface area contributed by atoms with E-state index in [4.69, 9.17) is 25.5 Å². The lowest BCUT2D eigenvalue weighted by molar-refractivity contribution is 0.105. The highest BCUT2D eigenvalue weighted by Crippen LogP contribution is 2.32. The molecule has 0 amide bonds. The average molecular weight is 338 g/mol. The van der Waals surface area contributed by atoms with Crippen LogP contribution < -0.4 is 4.74 Å². The van der Waals surface area contributed by atoms with Crippen LogP contribution in [0, 0.1) is 6.92 Å². The third-order valence-corrected chi connectivity index (χ3v) is 4.24. The highest BCUT2D eigenvalue weighted by atomic mass is 35.5. The van der Waals surface area contributed by atoms with Crippen LogP contribution in [0.2, 0.25) is 5.02 Å². The second-order valence-corrected chi connectivity index (χ2v) is 6.00. The van der Waals surface area contributed by atoms with Crippen LogP contribution in [-0.4, -0.2) is 48.0 Å². The van der Waals surface area contributed by atoms with Crippen molar-refractivity contribution in [3.05, 3.63) is 41.1 Å². The zero-order valence-corrected chi connectivity index (χ0v) is 14.0. The van der Waals surface area contributed by atoms with Gasteiger partial charge in [-0.2, -0.15) is 0 Å². The lowest BCUT2D eigenvalue weighted by Crippen LogP contribution is -2.29. The van der Waals surface area contributed by atoms with Crippen molar-refractivity contribution < 1.29 is 13.9 Å². The van der Waals surface area contributed by atoms with E-state index >= 15 is 0 Å². The zero-order chi connectivity index (χ0) is 16.2. The SMILES string of the molecule is CO[C@H]1C[C@H](c2nnc(C)o2)N(CCOc2ccc(Cl)cc2)C1. The third-order valence-electron chi connectivity index (χ3n) is 3.99. The Morgan fingerprint density at radius 3 is 2.74 bits per heavy atom. The van der Waals surface area contributed by atoms with Crippen molar-refractivity contribution in [3.63, 3.8) is 0 Å². The number of halogens is 1. The molecule has 2 aromatic rings. The molecule has 0 N–H and O–H groups in total. The molecule has 7 heteroatoms. The maximum atomic E-state index is 5.87. The van der Waals surface area contributed by atoms with Gasteiger partial charge in [0, 0.05) is 32.1 Å². The maximum Gasteiger partial charge on any atom is 0.233 e. The van der Waals surface area contributed by atoms with Crippen LogP contribution in [0.25, 0.3) is 0 Å². The summed E-state index contributed by atoms with van der Waals surface area (Å²) in [4.78, 5) is 2.26. The van der Waals surface area contributed by atoms with Crippen molar-refractivity contribution in [2.45, 2.75) is 25.5 Å². The van der Waals surface area contributed by atoms with Crippen LogP contribution in [-0.2, 0) is 4.74 Å². The molecule has 1 fully saturated rings. The Labute approximate surface area is 140 Å². The predicted octanol–water partition coefficient (Wildman–Crippen LogP) is 2.87. The second kappa shape index (κ2) is 7.29. The van der Waals surface area contributed by atoms with Crippen molar-refractivity contribution >= 4 is 11.6 Å². The number of ether oxygens (including phenoxy) is 2. The molecule has 1 saturated heterocycles. The van der Waals surface area contributed by atoms with Gasteiger partial charge in [0.1, 0.15) is 12.4 Å². The van der Waals surface area contributed by atoms with Gasteiger partial charge >= 0.3 is 0 Å². The monoisotopic (exact) mass is 337 g/mol. The molecule has 6 nitrogen and oxygen atoms in total. The predicted molar refractivity (Wildman–Crippen MR) is 85.7 cm³/mol. The van der Waals surface area contributed by atoms with Gasteiger partial charge in [-0.05, 0) is 30.7 Å². The Bertz CT molecular complexity index is 632. The Morgan fingerprint density at radius 1 is 1.30 bits per heavy atom. The van der Waals surface area contributed by atoms with Crippen LogP contribution in [0.1, 0.15) is 24.2 Å². The van der Waals surface area contributed by atoms with E-state index in [0.717, 1.165) is 25.3 Å². The van der Waals surface area contributed by atoms with Gasteiger partial charge in [0.15, 0.2) is 0 Å². The van der Waals surface area contributed by atoms with E-state index in [1.54, 1.807) is 14.0 Å². The van der Waals surface area contributed by atoms with Crippen LogP contribution in [0.3, 0.4) is 0 Å². The first-order valence-corrected chi connectivity index (χ1v) is 7.98. The number of hydrogen-bond donors (Lipinski definition) is 0. The number of rotatable bonds is 6. The van der Waals surface area contributed by atoms with Crippen molar-refractivity contribution in [3.8, 4) is 5.75 Å². The van der Waals surface area contributed by atoms with Gasteiger partial charge in [0.05, 0.1) is 12.1 Å². The van der Waals surface area contributed by atoms with Gasteiger partial charge in [-0.3, -0.25) is 4.90 Å². The summed E-state index contributed by atoms with van der Waals surface area (Å²) in [6, 6.07) is 7.44. The molecule has 2 heterocycles. The molecule has 0 spiro atoms. The number of nitrogens with zero attached hydrogens (tertiary/aromatic N) is 3. The molecular formula is C16H20ClN3O3.